The number of hydrogen-bond acceptors (Lipinski definition) is 7. The van der Waals surface area contributed by atoms with Crippen molar-refractivity contribution < 1.29 is 29.3 Å². The number of amides is 2. The third kappa shape index (κ3) is 5.91. The van der Waals surface area contributed by atoms with Crippen molar-refractivity contribution in [2.45, 2.75) is 43.9 Å². The molecule has 30 heavy (non-hydrogen) atoms. The van der Waals surface area contributed by atoms with Crippen LogP contribution in [-0.2, 0) is 25.5 Å². The van der Waals surface area contributed by atoms with Crippen molar-refractivity contribution in [2.75, 3.05) is 26.2 Å². The second kappa shape index (κ2) is 9.88. The van der Waals surface area contributed by atoms with Crippen LogP contribution in [0.1, 0.15) is 24.8 Å². The van der Waals surface area contributed by atoms with Crippen molar-refractivity contribution in [3.8, 4) is 5.75 Å². The fourth-order valence-electron chi connectivity index (χ4n) is 3.57. The largest absolute Gasteiger partial charge is 0.508 e. The highest BCUT2D eigenvalue weighted by Gasteiger charge is 2.51. The Labute approximate surface area is 174 Å². The first-order valence-electron chi connectivity index (χ1n) is 10.1. The Morgan fingerprint density at radius 1 is 1.07 bits per heavy atom. The van der Waals surface area contributed by atoms with Crippen LogP contribution in [0.25, 0.3) is 0 Å². The molecule has 10 nitrogen and oxygen atoms in total. The summed E-state index contributed by atoms with van der Waals surface area (Å²) in [6, 6.07) is 5.52. The number of carbonyl (C=O) groups excluding carboxylic acids is 2. The zero-order chi connectivity index (χ0) is 21.7. The van der Waals surface area contributed by atoms with E-state index in [2.05, 4.69) is 5.32 Å². The van der Waals surface area contributed by atoms with Gasteiger partial charge in [0.25, 0.3) is 5.91 Å². The third-order valence-corrected chi connectivity index (χ3v) is 5.29. The SMILES string of the molecule is NN1CCCCN(C(=O)C(Cc2ccc(O)cc2)NC(=O)C2OC2C(=O)O)CCC1. The molecule has 3 unspecified atom stereocenters. The summed E-state index contributed by atoms with van der Waals surface area (Å²) in [5.41, 5.74) is 0.760. The number of carbonyl (C=O) groups is 3. The quantitative estimate of drug-likeness (QED) is 0.354. The molecule has 2 amide bonds. The number of carboxylic acid groups (broad SMARTS) is 1. The molecule has 0 aromatic heterocycles. The monoisotopic (exact) mass is 420 g/mol. The van der Waals surface area contributed by atoms with Gasteiger partial charge in [0.05, 0.1) is 0 Å². The van der Waals surface area contributed by atoms with Gasteiger partial charge in [-0.05, 0) is 37.0 Å². The van der Waals surface area contributed by atoms with E-state index in [9.17, 15) is 19.5 Å². The Morgan fingerprint density at radius 2 is 1.70 bits per heavy atom. The van der Waals surface area contributed by atoms with Crippen molar-refractivity contribution in [3.05, 3.63) is 29.8 Å². The van der Waals surface area contributed by atoms with Gasteiger partial charge in [0.1, 0.15) is 11.8 Å². The molecule has 3 atom stereocenters. The highest BCUT2D eigenvalue weighted by molar-refractivity contribution is 5.95. The second-order valence-electron chi connectivity index (χ2n) is 7.67. The van der Waals surface area contributed by atoms with Crippen LogP contribution in [0, 0.1) is 0 Å². The van der Waals surface area contributed by atoms with Crippen LogP contribution in [0.15, 0.2) is 24.3 Å². The van der Waals surface area contributed by atoms with Gasteiger partial charge >= 0.3 is 5.97 Å². The van der Waals surface area contributed by atoms with Crippen LogP contribution >= 0.6 is 0 Å². The molecule has 5 N–H and O–H groups in total. The summed E-state index contributed by atoms with van der Waals surface area (Å²) in [5.74, 6) is 3.96. The number of nitrogens with two attached hydrogens (primary N) is 1. The molecule has 164 valence electrons. The molecular weight excluding hydrogens is 392 g/mol. The van der Waals surface area contributed by atoms with E-state index in [1.165, 1.54) is 12.1 Å². The Hall–Kier alpha value is -2.69. The lowest BCUT2D eigenvalue weighted by molar-refractivity contribution is -0.138. The summed E-state index contributed by atoms with van der Waals surface area (Å²) in [6.07, 6.45) is 0.343. The number of aliphatic carboxylic acids is 1. The van der Waals surface area contributed by atoms with E-state index in [1.807, 2.05) is 0 Å². The summed E-state index contributed by atoms with van der Waals surface area (Å²) >= 11 is 0. The van der Waals surface area contributed by atoms with Gasteiger partial charge in [-0.15, -0.1) is 0 Å². The summed E-state index contributed by atoms with van der Waals surface area (Å²) < 4.78 is 4.91. The summed E-state index contributed by atoms with van der Waals surface area (Å²) in [6.45, 7) is 2.53. The number of benzene rings is 1. The predicted molar refractivity (Wildman–Crippen MR) is 106 cm³/mol. The molecule has 1 aromatic rings. The minimum absolute atomic E-state index is 0.104. The number of ether oxygens (including phenoxy) is 1. The number of phenolic OH excluding ortho intramolecular Hbond substituents is 1. The molecule has 2 heterocycles. The highest BCUT2D eigenvalue weighted by atomic mass is 16.6. The summed E-state index contributed by atoms with van der Waals surface area (Å²) in [4.78, 5) is 38.4. The van der Waals surface area contributed by atoms with Crippen LogP contribution in [0.4, 0.5) is 0 Å². The van der Waals surface area contributed by atoms with Crippen LogP contribution in [0.5, 0.6) is 5.75 Å². The smallest absolute Gasteiger partial charge is 0.336 e. The molecular formula is C20H28N4O6. The molecule has 0 saturated carbocycles. The first-order chi connectivity index (χ1) is 14.3. The molecule has 0 radical (unpaired) electrons. The molecule has 3 rings (SSSR count). The number of rotatable bonds is 6. The molecule has 2 aliphatic heterocycles. The number of phenols is 1. The maximum Gasteiger partial charge on any atom is 0.336 e. The number of epoxide rings is 1. The summed E-state index contributed by atoms with van der Waals surface area (Å²) in [5, 5.41) is 22.9. The zero-order valence-corrected chi connectivity index (χ0v) is 16.7. The Balaban J connectivity index is 1.71. The van der Waals surface area contributed by atoms with E-state index >= 15 is 0 Å². The molecule has 1 aromatic carbocycles. The van der Waals surface area contributed by atoms with E-state index < -0.39 is 30.1 Å². The van der Waals surface area contributed by atoms with Gasteiger partial charge in [0.15, 0.2) is 12.2 Å². The maximum absolute atomic E-state index is 13.3. The zero-order valence-electron chi connectivity index (χ0n) is 16.7. The lowest BCUT2D eigenvalue weighted by Gasteiger charge is -2.28. The van der Waals surface area contributed by atoms with E-state index in [4.69, 9.17) is 15.7 Å². The van der Waals surface area contributed by atoms with Gasteiger partial charge in [-0.25, -0.2) is 9.80 Å². The first kappa shape index (κ1) is 22.0. The van der Waals surface area contributed by atoms with E-state index in [0.29, 0.717) is 19.6 Å². The van der Waals surface area contributed by atoms with Crippen molar-refractivity contribution in [1.82, 2.24) is 15.2 Å². The molecule has 2 saturated heterocycles. The fourth-order valence-corrected chi connectivity index (χ4v) is 3.57. The Bertz CT molecular complexity index is 771. The standard InChI is InChI=1S/C20H28N4O6/c21-24-10-2-1-8-23(9-3-11-24)19(27)15(12-13-4-6-14(25)7-5-13)22-18(26)16-17(30-16)20(28)29/h4-7,15-17,25H,1-3,8-12,21H2,(H,22,26)(H,28,29). The second-order valence-corrected chi connectivity index (χ2v) is 7.67. The maximum atomic E-state index is 13.3. The number of hydrogen-bond donors (Lipinski definition) is 4. The molecule has 0 spiro atoms. The number of aromatic hydroxyl groups is 1. The van der Waals surface area contributed by atoms with Gasteiger partial charge < -0.3 is 25.2 Å². The van der Waals surface area contributed by atoms with E-state index in [0.717, 1.165) is 31.4 Å². The number of nitrogens with zero attached hydrogens (tertiary/aromatic N) is 2. The van der Waals surface area contributed by atoms with Crippen molar-refractivity contribution in [2.24, 2.45) is 5.84 Å². The molecule has 0 bridgehead atoms. The van der Waals surface area contributed by atoms with Gasteiger partial charge in [-0.3, -0.25) is 15.4 Å². The number of carboxylic acids is 1. The summed E-state index contributed by atoms with van der Waals surface area (Å²) in [7, 11) is 0. The lowest BCUT2D eigenvalue weighted by Crippen LogP contribution is -2.51. The minimum Gasteiger partial charge on any atom is -0.508 e. The minimum atomic E-state index is -1.21. The van der Waals surface area contributed by atoms with Crippen molar-refractivity contribution in [3.63, 3.8) is 0 Å². The Kier molecular flexibility index (Phi) is 7.24. The van der Waals surface area contributed by atoms with Crippen LogP contribution in [0.3, 0.4) is 0 Å². The number of hydrazine groups is 1. The van der Waals surface area contributed by atoms with Gasteiger partial charge in [0.2, 0.25) is 5.91 Å². The topological polar surface area (TPSA) is 149 Å². The van der Waals surface area contributed by atoms with Gasteiger partial charge in [0, 0.05) is 32.6 Å². The molecule has 2 fully saturated rings. The predicted octanol–water partition coefficient (Wildman–Crippen LogP) is -0.540. The van der Waals surface area contributed by atoms with Gasteiger partial charge in [-0.1, -0.05) is 12.1 Å². The van der Waals surface area contributed by atoms with Crippen LogP contribution in [-0.4, -0.2) is 82.3 Å². The van der Waals surface area contributed by atoms with E-state index in [1.54, 1.807) is 22.0 Å². The van der Waals surface area contributed by atoms with Crippen molar-refractivity contribution in [1.29, 1.82) is 0 Å². The fraction of sp³-hybridized carbons (Fsp3) is 0.550. The average Bonchev–Trinajstić information content (AvgIpc) is 3.50. The van der Waals surface area contributed by atoms with E-state index in [-0.39, 0.29) is 18.1 Å². The van der Waals surface area contributed by atoms with Crippen LogP contribution < -0.4 is 11.2 Å². The Morgan fingerprint density at radius 3 is 2.37 bits per heavy atom. The molecule has 0 aliphatic carbocycles. The van der Waals surface area contributed by atoms with Gasteiger partial charge in [-0.2, -0.15) is 0 Å². The van der Waals surface area contributed by atoms with Crippen LogP contribution in [0.2, 0.25) is 0 Å². The molecule has 2 aliphatic rings. The first-order valence-corrected chi connectivity index (χ1v) is 10.1. The average molecular weight is 420 g/mol. The normalized spacial score (nSPS) is 23.6. The third-order valence-electron chi connectivity index (χ3n) is 5.29. The number of nitrogens with one attached hydrogen (secondary N) is 1. The van der Waals surface area contributed by atoms with Crippen molar-refractivity contribution >= 4 is 17.8 Å². The molecule has 10 heteroatoms. The lowest BCUT2D eigenvalue weighted by atomic mass is 10.0. The highest BCUT2D eigenvalue weighted by Crippen LogP contribution is 2.23.